The lowest BCUT2D eigenvalue weighted by Gasteiger charge is -2.20. The second-order valence-corrected chi connectivity index (χ2v) is 6.07. The summed E-state index contributed by atoms with van der Waals surface area (Å²) in [4.78, 5) is 15.6. The van der Waals surface area contributed by atoms with Crippen LogP contribution in [-0.2, 0) is 4.79 Å². The van der Waals surface area contributed by atoms with Crippen molar-refractivity contribution in [1.82, 2.24) is 0 Å². The van der Waals surface area contributed by atoms with Crippen LogP contribution in [-0.4, -0.2) is 12.5 Å². The fourth-order valence-electron chi connectivity index (χ4n) is 2.58. The van der Waals surface area contributed by atoms with E-state index in [4.69, 9.17) is 0 Å². The van der Waals surface area contributed by atoms with Crippen LogP contribution in [0.5, 0.6) is 0 Å². The zero-order chi connectivity index (χ0) is 13.9. The average molecular weight is 283 g/mol. The monoisotopic (exact) mass is 283 g/mol. The van der Waals surface area contributed by atoms with Crippen LogP contribution >= 0.6 is 11.8 Å². The molecule has 0 bridgehead atoms. The molecule has 3 rings (SSSR count). The third-order valence-electron chi connectivity index (χ3n) is 3.57. The zero-order valence-corrected chi connectivity index (χ0v) is 12.3. The molecule has 1 amide bonds. The van der Waals surface area contributed by atoms with Gasteiger partial charge in [0, 0.05) is 23.1 Å². The fourth-order valence-corrected chi connectivity index (χ4v) is 3.86. The number of nitrogens with zero attached hydrogens (tertiary/aromatic N) is 1. The maximum Gasteiger partial charge on any atom is 0.228 e. The summed E-state index contributed by atoms with van der Waals surface area (Å²) >= 11 is 1.79. The maximum absolute atomic E-state index is 12.5. The van der Waals surface area contributed by atoms with Crippen molar-refractivity contribution >= 4 is 23.4 Å². The van der Waals surface area contributed by atoms with Gasteiger partial charge in [0.25, 0.3) is 0 Å². The van der Waals surface area contributed by atoms with E-state index < -0.39 is 0 Å². The first-order chi connectivity index (χ1) is 9.79. The summed E-state index contributed by atoms with van der Waals surface area (Å²) in [5.74, 6) is 0.207. The van der Waals surface area contributed by atoms with Gasteiger partial charge in [-0.05, 0) is 24.6 Å². The molecule has 20 heavy (non-hydrogen) atoms. The molecule has 0 N–H and O–H groups in total. The first-order valence-electron chi connectivity index (χ1n) is 6.90. The van der Waals surface area contributed by atoms with Crippen LogP contribution in [0, 0.1) is 0 Å². The van der Waals surface area contributed by atoms with Crippen molar-refractivity contribution in [3.05, 3.63) is 60.2 Å². The summed E-state index contributed by atoms with van der Waals surface area (Å²) in [6, 6.07) is 18.5. The number of thioether (sulfide) groups is 1. The number of benzene rings is 2. The molecule has 2 aromatic carbocycles. The van der Waals surface area contributed by atoms with E-state index >= 15 is 0 Å². The van der Waals surface area contributed by atoms with Crippen molar-refractivity contribution in [1.29, 1.82) is 0 Å². The first-order valence-corrected chi connectivity index (χ1v) is 7.78. The number of hydrogen-bond acceptors (Lipinski definition) is 2. The molecule has 3 heteroatoms. The summed E-state index contributed by atoms with van der Waals surface area (Å²) < 4.78 is 0. The Labute approximate surface area is 123 Å². The predicted molar refractivity (Wildman–Crippen MR) is 84.1 cm³/mol. The van der Waals surface area contributed by atoms with Gasteiger partial charge < -0.3 is 4.90 Å². The Balaban J connectivity index is 2.02. The number of carbonyl (C=O) groups excluding carboxylic acids is 1. The van der Waals surface area contributed by atoms with Crippen molar-refractivity contribution in [3.8, 4) is 0 Å². The maximum atomic E-state index is 12.5. The van der Waals surface area contributed by atoms with Crippen LogP contribution in [0.3, 0.4) is 0 Å². The van der Waals surface area contributed by atoms with Gasteiger partial charge in [-0.2, -0.15) is 0 Å². The van der Waals surface area contributed by atoms with Crippen LogP contribution in [0.4, 0.5) is 5.69 Å². The lowest BCUT2D eigenvalue weighted by atomic mass is 10.1. The van der Waals surface area contributed by atoms with Gasteiger partial charge in [0.05, 0.1) is 5.69 Å². The summed E-state index contributed by atoms with van der Waals surface area (Å²) in [5, 5.41) is 0.196. The minimum atomic E-state index is 0.196. The van der Waals surface area contributed by atoms with E-state index in [0.717, 1.165) is 12.2 Å². The highest BCUT2D eigenvalue weighted by atomic mass is 32.2. The van der Waals surface area contributed by atoms with Crippen molar-refractivity contribution in [2.75, 3.05) is 11.4 Å². The SMILES string of the molecule is CCN1C(=O)C[C@H](c2ccccc2)Sc2ccccc21. The van der Waals surface area contributed by atoms with Crippen molar-refractivity contribution in [2.24, 2.45) is 0 Å². The summed E-state index contributed by atoms with van der Waals surface area (Å²) in [7, 11) is 0. The van der Waals surface area contributed by atoms with E-state index in [1.54, 1.807) is 11.8 Å². The van der Waals surface area contributed by atoms with E-state index in [-0.39, 0.29) is 11.2 Å². The normalized spacial score (nSPS) is 18.6. The number of amides is 1. The Hall–Kier alpha value is -1.74. The Kier molecular flexibility index (Phi) is 3.79. The van der Waals surface area contributed by atoms with Gasteiger partial charge in [0.15, 0.2) is 0 Å². The number of hydrogen-bond donors (Lipinski definition) is 0. The number of anilines is 1. The van der Waals surface area contributed by atoms with Gasteiger partial charge in [-0.1, -0.05) is 42.5 Å². The van der Waals surface area contributed by atoms with Crippen molar-refractivity contribution in [2.45, 2.75) is 23.5 Å². The van der Waals surface area contributed by atoms with E-state index in [2.05, 4.69) is 18.2 Å². The summed E-state index contributed by atoms with van der Waals surface area (Å²) in [6.45, 7) is 2.75. The van der Waals surface area contributed by atoms with E-state index in [1.165, 1.54) is 10.5 Å². The summed E-state index contributed by atoms with van der Waals surface area (Å²) in [5.41, 5.74) is 2.27. The molecule has 0 fully saturated rings. The molecular formula is C17H17NOS. The molecule has 0 spiro atoms. The van der Waals surface area contributed by atoms with Gasteiger partial charge >= 0.3 is 0 Å². The lowest BCUT2D eigenvalue weighted by Crippen LogP contribution is -2.30. The largest absolute Gasteiger partial charge is 0.312 e. The highest BCUT2D eigenvalue weighted by Crippen LogP contribution is 2.45. The third-order valence-corrected chi connectivity index (χ3v) is 4.90. The van der Waals surface area contributed by atoms with Gasteiger partial charge in [0.2, 0.25) is 5.91 Å². The highest BCUT2D eigenvalue weighted by molar-refractivity contribution is 7.99. The van der Waals surface area contributed by atoms with Crippen LogP contribution in [0.15, 0.2) is 59.5 Å². The van der Waals surface area contributed by atoms with Crippen LogP contribution < -0.4 is 4.90 Å². The lowest BCUT2D eigenvalue weighted by molar-refractivity contribution is -0.118. The van der Waals surface area contributed by atoms with Crippen molar-refractivity contribution < 1.29 is 4.79 Å². The third kappa shape index (κ3) is 2.46. The minimum absolute atomic E-state index is 0.196. The second kappa shape index (κ2) is 5.71. The fraction of sp³-hybridized carbons (Fsp3) is 0.235. The molecule has 0 aromatic heterocycles. The molecule has 0 unspecified atom stereocenters. The molecule has 1 aliphatic heterocycles. The first kappa shape index (κ1) is 13.3. The van der Waals surface area contributed by atoms with Gasteiger partial charge in [-0.15, -0.1) is 11.8 Å². The predicted octanol–water partition coefficient (Wildman–Crippen LogP) is 4.28. The molecule has 0 radical (unpaired) electrons. The van der Waals surface area contributed by atoms with Crippen LogP contribution in [0.25, 0.3) is 0 Å². The quantitative estimate of drug-likeness (QED) is 0.820. The smallest absolute Gasteiger partial charge is 0.228 e. The average Bonchev–Trinajstić information content (AvgIpc) is 2.63. The molecular weight excluding hydrogens is 266 g/mol. The molecule has 0 saturated heterocycles. The minimum Gasteiger partial charge on any atom is -0.312 e. The van der Waals surface area contributed by atoms with E-state index in [0.29, 0.717) is 6.42 Å². The Morgan fingerprint density at radius 3 is 2.55 bits per heavy atom. The molecule has 0 saturated carbocycles. The number of carbonyl (C=O) groups is 1. The molecule has 2 aromatic rings. The molecule has 1 heterocycles. The molecule has 0 aliphatic carbocycles. The highest BCUT2D eigenvalue weighted by Gasteiger charge is 2.27. The standard InChI is InChI=1S/C17H17NOS/c1-2-18-14-10-6-7-11-15(14)20-16(12-17(18)19)13-8-4-3-5-9-13/h3-11,16H,2,12H2,1H3/t16-/m1/s1. The number of para-hydroxylation sites is 1. The van der Waals surface area contributed by atoms with Gasteiger partial charge in [-0.25, -0.2) is 0 Å². The zero-order valence-electron chi connectivity index (χ0n) is 11.5. The van der Waals surface area contributed by atoms with Crippen molar-refractivity contribution in [3.63, 3.8) is 0 Å². The topological polar surface area (TPSA) is 20.3 Å². The van der Waals surface area contributed by atoms with Gasteiger partial charge in [-0.3, -0.25) is 4.79 Å². The molecule has 1 atom stereocenters. The molecule has 2 nitrogen and oxygen atoms in total. The van der Waals surface area contributed by atoms with Gasteiger partial charge in [0.1, 0.15) is 0 Å². The Bertz CT molecular complexity index is 611. The Morgan fingerprint density at radius 2 is 1.80 bits per heavy atom. The number of fused-ring (bicyclic) bond motifs is 1. The number of rotatable bonds is 2. The summed E-state index contributed by atoms with van der Waals surface area (Å²) in [6.07, 6.45) is 0.553. The van der Waals surface area contributed by atoms with Crippen LogP contribution in [0.1, 0.15) is 24.2 Å². The molecule has 1 aliphatic rings. The van der Waals surface area contributed by atoms with E-state index in [9.17, 15) is 4.79 Å². The second-order valence-electron chi connectivity index (χ2n) is 4.83. The Morgan fingerprint density at radius 1 is 1.10 bits per heavy atom. The van der Waals surface area contributed by atoms with E-state index in [1.807, 2.05) is 48.2 Å². The van der Waals surface area contributed by atoms with Crippen LogP contribution in [0.2, 0.25) is 0 Å². The molecule has 102 valence electrons.